The molecule has 0 spiro atoms. The van der Waals surface area contributed by atoms with Crippen molar-refractivity contribution in [3.8, 4) is 0 Å². The molecule has 0 aromatic heterocycles. The number of Topliss-reactive ketones (excluding diaryl/α,β-unsaturated/α-hetero) is 1. The molecule has 1 atom stereocenters. The molecule has 3 heteroatoms. The summed E-state index contributed by atoms with van der Waals surface area (Å²) in [4.78, 5) is 22.5. The fraction of sp³-hybridized carbons (Fsp3) is 0.800. The highest BCUT2D eigenvalue weighted by atomic mass is 16.5. The Morgan fingerprint density at radius 3 is 3.00 bits per heavy atom. The standard InChI is InChI=1S/C10H16O3/c1-2-13-10(12)8-5-3-4-6-9(11)7-8/h8H,2-7H2,1H3. The van der Waals surface area contributed by atoms with Gasteiger partial charge in [0.25, 0.3) is 0 Å². The molecule has 1 aliphatic carbocycles. The van der Waals surface area contributed by atoms with Crippen molar-refractivity contribution in [3.63, 3.8) is 0 Å². The molecule has 0 aliphatic heterocycles. The van der Waals surface area contributed by atoms with Crippen molar-refractivity contribution in [1.29, 1.82) is 0 Å². The molecular weight excluding hydrogens is 168 g/mol. The normalized spacial score (nSPS) is 23.8. The molecule has 1 unspecified atom stereocenters. The monoisotopic (exact) mass is 184 g/mol. The summed E-state index contributed by atoms with van der Waals surface area (Å²) in [7, 11) is 0. The molecule has 13 heavy (non-hydrogen) atoms. The Morgan fingerprint density at radius 1 is 1.54 bits per heavy atom. The van der Waals surface area contributed by atoms with E-state index in [0.717, 1.165) is 19.3 Å². The largest absolute Gasteiger partial charge is 0.466 e. The van der Waals surface area contributed by atoms with Gasteiger partial charge in [0.05, 0.1) is 12.5 Å². The Morgan fingerprint density at radius 2 is 2.31 bits per heavy atom. The van der Waals surface area contributed by atoms with Crippen LogP contribution in [-0.2, 0) is 14.3 Å². The maximum absolute atomic E-state index is 11.3. The minimum absolute atomic E-state index is 0.171. The lowest BCUT2D eigenvalue weighted by Gasteiger charge is -2.10. The van der Waals surface area contributed by atoms with E-state index in [0.29, 0.717) is 19.4 Å². The van der Waals surface area contributed by atoms with Crippen molar-refractivity contribution >= 4 is 11.8 Å². The van der Waals surface area contributed by atoms with E-state index in [1.54, 1.807) is 6.92 Å². The Hall–Kier alpha value is -0.860. The number of rotatable bonds is 2. The molecule has 3 nitrogen and oxygen atoms in total. The summed E-state index contributed by atoms with van der Waals surface area (Å²) < 4.78 is 4.89. The zero-order valence-electron chi connectivity index (χ0n) is 8.04. The highest BCUT2D eigenvalue weighted by Crippen LogP contribution is 2.21. The van der Waals surface area contributed by atoms with Crippen molar-refractivity contribution in [3.05, 3.63) is 0 Å². The number of carbonyl (C=O) groups is 2. The maximum Gasteiger partial charge on any atom is 0.309 e. The number of hydrogen-bond donors (Lipinski definition) is 0. The first kappa shape index (κ1) is 10.2. The smallest absolute Gasteiger partial charge is 0.309 e. The van der Waals surface area contributed by atoms with E-state index in [1.165, 1.54) is 0 Å². The SMILES string of the molecule is CCOC(=O)C1CCCCC(=O)C1. The summed E-state index contributed by atoms with van der Waals surface area (Å²) in [5, 5.41) is 0. The zero-order valence-corrected chi connectivity index (χ0v) is 8.04. The number of esters is 1. The van der Waals surface area contributed by atoms with E-state index >= 15 is 0 Å². The van der Waals surface area contributed by atoms with Crippen LogP contribution in [0.1, 0.15) is 39.0 Å². The van der Waals surface area contributed by atoms with Crippen molar-refractivity contribution in [1.82, 2.24) is 0 Å². The molecule has 0 N–H and O–H groups in total. The van der Waals surface area contributed by atoms with Gasteiger partial charge in [0.1, 0.15) is 5.78 Å². The van der Waals surface area contributed by atoms with Crippen molar-refractivity contribution in [2.24, 2.45) is 5.92 Å². The van der Waals surface area contributed by atoms with Gasteiger partial charge < -0.3 is 4.74 Å². The van der Waals surface area contributed by atoms with E-state index < -0.39 is 0 Å². The van der Waals surface area contributed by atoms with E-state index in [-0.39, 0.29) is 17.7 Å². The van der Waals surface area contributed by atoms with Crippen LogP contribution in [0, 0.1) is 5.92 Å². The molecule has 0 aromatic carbocycles. The molecule has 1 aliphatic rings. The predicted octanol–water partition coefficient (Wildman–Crippen LogP) is 1.70. The summed E-state index contributed by atoms with van der Waals surface area (Å²) >= 11 is 0. The van der Waals surface area contributed by atoms with Crippen molar-refractivity contribution in [2.75, 3.05) is 6.61 Å². The third kappa shape index (κ3) is 3.17. The zero-order chi connectivity index (χ0) is 9.68. The first-order valence-electron chi connectivity index (χ1n) is 4.92. The quantitative estimate of drug-likeness (QED) is 0.484. The van der Waals surface area contributed by atoms with Gasteiger partial charge in [-0.3, -0.25) is 9.59 Å². The van der Waals surface area contributed by atoms with Crippen LogP contribution in [-0.4, -0.2) is 18.4 Å². The number of hydrogen-bond acceptors (Lipinski definition) is 3. The average Bonchev–Trinajstić information content (AvgIpc) is 2.30. The highest BCUT2D eigenvalue weighted by molar-refractivity contribution is 5.84. The molecule has 0 bridgehead atoms. The molecule has 0 saturated heterocycles. The molecule has 1 fully saturated rings. The van der Waals surface area contributed by atoms with Crippen molar-refractivity contribution in [2.45, 2.75) is 39.0 Å². The summed E-state index contributed by atoms with van der Waals surface area (Å²) in [5.41, 5.74) is 0. The third-order valence-electron chi connectivity index (χ3n) is 2.35. The van der Waals surface area contributed by atoms with Crippen LogP contribution in [0.3, 0.4) is 0 Å². The highest BCUT2D eigenvalue weighted by Gasteiger charge is 2.24. The average molecular weight is 184 g/mol. The Labute approximate surface area is 78.5 Å². The molecule has 0 heterocycles. The van der Waals surface area contributed by atoms with E-state index in [4.69, 9.17) is 4.74 Å². The summed E-state index contributed by atoms with van der Waals surface area (Å²) in [6.45, 7) is 2.19. The molecule has 74 valence electrons. The number of carbonyl (C=O) groups excluding carboxylic acids is 2. The van der Waals surface area contributed by atoms with Gasteiger partial charge in [0.2, 0.25) is 0 Å². The predicted molar refractivity (Wildman–Crippen MR) is 48.2 cm³/mol. The van der Waals surface area contributed by atoms with Crippen LogP contribution >= 0.6 is 0 Å². The molecule has 1 rings (SSSR count). The van der Waals surface area contributed by atoms with Crippen LogP contribution in [0.2, 0.25) is 0 Å². The number of ether oxygens (including phenoxy) is 1. The lowest BCUT2D eigenvalue weighted by Crippen LogP contribution is -2.19. The topological polar surface area (TPSA) is 43.4 Å². The van der Waals surface area contributed by atoms with E-state index in [9.17, 15) is 9.59 Å². The Balaban J connectivity index is 2.47. The first-order valence-corrected chi connectivity index (χ1v) is 4.92. The van der Waals surface area contributed by atoms with Gasteiger partial charge in [-0.25, -0.2) is 0 Å². The Kier molecular flexibility index (Phi) is 3.93. The van der Waals surface area contributed by atoms with Crippen LogP contribution in [0.25, 0.3) is 0 Å². The van der Waals surface area contributed by atoms with Crippen LogP contribution in [0.5, 0.6) is 0 Å². The van der Waals surface area contributed by atoms with Gasteiger partial charge >= 0.3 is 5.97 Å². The maximum atomic E-state index is 11.3. The van der Waals surface area contributed by atoms with E-state index in [1.807, 2.05) is 0 Å². The fourth-order valence-electron chi connectivity index (χ4n) is 1.65. The van der Waals surface area contributed by atoms with Crippen LogP contribution in [0.15, 0.2) is 0 Å². The first-order chi connectivity index (χ1) is 6.24. The van der Waals surface area contributed by atoms with Gasteiger partial charge in [-0.05, 0) is 19.8 Å². The minimum Gasteiger partial charge on any atom is -0.466 e. The second-order valence-corrected chi connectivity index (χ2v) is 3.44. The van der Waals surface area contributed by atoms with Gasteiger partial charge in [-0.1, -0.05) is 6.42 Å². The lowest BCUT2D eigenvalue weighted by atomic mass is 10.0. The molecular formula is C10H16O3. The lowest BCUT2D eigenvalue weighted by molar-refractivity contribution is -0.149. The van der Waals surface area contributed by atoms with Crippen molar-refractivity contribution < 1.29 is 14.3 Å². The van der Waals surface area contributed by atoms with E-state index in [2.05, 4.69) is 0 Å². The van der Waals surface area contributed by atoms with Gasteiger partial charge in [-0.2, -0.15) is 0 Å². The fourth-order valence-corrected chi connectivity index (χ4v) is 1.65. The molecule has 0 amide bonds. The van der Waals surface area contributed by atoms with Gasteiger partial charge in [-0.15, -0.1) is 0 Å². The van der Waals surface area contributed by atoms with Crippen LogP contribution in [0.4, 0.5) is 0 Å². The van der Waals surface area contributed by atoms with Gasteiger partial charge in [0.15, 0.2) is 0 Å². The second kappa shape index (κ2) is 5.00. The Bertz CT molecular complexity index is 198. The molecule has 0 aromatic rings. The van der Waals surface area contributed by atoms with Crippen LogP contribution < -0.4 is 0 Å². The number of ketones is 1. The van der Waals surface area contributed by atoms with Gasteiger partial charge in [0, 0.05) is 12.8 Å². The summed E-state index contributed by atoms with van der Waals surface area (Å²) in [6, 6.07) is 0. The molecule has 0 radical (unpaired) electrons. The summed E-state index contributed by atoms with van der Waals surface area (Å²) in [5.74, 6) is -0.164. The summed E-state index contributed by atoms with van der Waals surface area (Å²) in [6.07, 6.45) is 3.73. The minimum atomic E-state index is -0.197. The second-order valence-electron chi connectivity index (χ2n) is 3.44. The molecule has 1 saturated carbocycles. The third-order valence-corrected chi connectivity index (χ3v) is 2.35.